The van der Waals surface area contributed by atoms with Gasteiger partial charge in [0.15, 0.2) is 30.0 Å². The van der Waals surface area contributed by atoms with Gasteiger partial charge < -0.3 is 52.1 Å². The second kappa shape index (κ2) is 29.2. The van der Waals surface area contributed by atoms with Crippen molar-refractivity contribution < 1.29 is 75.5 Å². The Balaban J connectivity index is 1.38. The van der Waals surface area contributed by atoms with Crippen LogP contribution in [-0.4, -0.2) is 108 Å². The minimum atomic E-state index is -1.93. The molecule has 2 heterocycles. The number of hydrogen-bond donors (Lipinski definition) is 0. The lowest BCUT2D eigenvalue weighted by Crippen LogP contribution is -2.64. The highest BCUT2D eigenvalue weighted by Crippen LogP contribution is 2.36. The fraction of sp³-hybridized carbons (Fsp3) is 0.491. The van der Waals surface area contributed by atoms with Crippen LogP contribution in [0, 0.1) is 0 Å². The second-order valence-electron chi connectivity index (χ2n) is 17.6. The highest BCUT2D eigenvalue weighted by atomic mass is 32.2. The molecule has 0 N–H and O–H groups in total. The predicted octanol–water partition coefficient (Wildman–Crippen LogP) is 8.11. The Labute approximate surface area is 424 Å². The molecule has 2 aliphatic rings. The van der Waals surface area contributed by atoms with Crippen LogP contribution in [-0.2, 0) is 97.2 Å². The summed E-state index contributed by atoms with van der Waals surface area (Å²) in [6, 6.07) is 35.7. The number of hydrogen-bond acceptors (Lipinski definition) is 16. The Morgan fingerprint density at radius 2 is 0.972 bits per heavy atom. The van der Waals surface area contributed by atoms with Crippen LogP contribution in [0.15, 0.2) is 120 Å². The monoisotopic (exact) mass is 1020 g/mol. The Bertz CT molecular complexity index is 2280. The molecule has 0 aliphatic carbocycles. The molecule has 16 nitrogen and oxygen atoms in total. The van der Waals surface area contributed by atoms with E-state index in [4.69, 9.17) is 52.1 Å². The number of rotatable bonds is 27. The topological polar surface area (TPSA) is 187 Å². The molecule has 72 heavy (non-hydrogen) atoms. The zero-order chi connectivity index (χ0) is 51.2. The van der Waals surface area contributed by atoms with Gasteiger partial charge in [-0.1, -0.05) is 130 Å². The third-order valence-corrected chi connectivity index (χ3v) is 13.4. The minimum absolute atomic E-state index is 0.0922. The number of ether oxygens (including phenoxy) is 11. The van der Waals surface area contributed by atoms with Gasteiger partial charge in [0.25, 0.3) is 0 Å². The normalized spacial score (nSPS) is 24.3. The summed E-state index contributed by atoms with van der Waals surface area (Å²) < 4.78 is 83.8. The summed E-state index contributed by atoms with van der Waals surface area (Å²) in [4.78, 5) is 50.3. The molecule has 4 aromatic carbocycles. The minimum Gasteiger partial charge on any atom is -0.494 e. The number of carbonyl (C=O) groups excluding carboxylic acids is 4. The molecule has 0 amide bonds. The maximum atomic E-state index is 15.2. The summed E-state index contributed by atoms with van der Waals surface area (Å²) in [7, 11) is -1.93. The van der Waals surface area contributed by atoms with Gasteiger partial charge in [0.05, 0.1) is 43.8 Å². The third-order valence-electron chi connectivity index (χ3n) is 11.9. The van der Waals surface area contributed by atoms with Gasteiger partial charge >= 0.3 is 23.9 Å². The van der Waals surface area contributed by atoms with Gasteiger partial charge in [0, 0.05) is 32.6 Å². The lowest BCUT2D eigenvalue weighted by Gasteiger charge is -2.47. The van der Waals surface area contributed by atoms with Crippen LogP contribution >= 0.6 is 0 Å². The van der Waals surface area contributed by atoms with Crippen molar-refractivity contribution in [2.45, 2.75) is 158 Å². The van der Waals surface area contributed by atoms with Crippen LogP contribution in [0.3, 0.4) is 0 Å². The van der Waals surface area contributed by atoms with E-state index in [0.29, 0.717) is 17.3 Å². The molecular formula is C55H68O16S. The molecule has 1 unspecified atom stereocenters. The fourth-order valence-corrected chi connectivity index (χ4v) is 9.83. The van der Waals surface area contributed by atoms with Gasteiger partial charge in [0.2, 0.25) is 0 Å². The molecule has 0 spiro atoms. The summed E-state index contributed by atoms with van der Waals surface area (Å²) in [6.45, 7) is 6.82. The average molecular weight is 1020 g/mol. The predicted molar refractivity (Wildman–Crippen MR) is 263 cm³/mol. The van der Waals surface area contributed by atoms with Crippen molar-refractivity contribution in [2.75, 3.05) is 19.8 Å². The van der Waals surface area contributed by atoms with Crippen LogP contribution in [0.4, 0.5) is 0 Å². The van der Waals surface area contributed by atoms with E-state index in [1.165, 1.54) is 26.2 Å². The summed E-state index contributed by atoms with van der Waals surface area (Å²) in [5.41, 5.74) is 1.34. The third kappa shape index (κ3) is 17.3. The zero-order valence-corrected chi connectivity index (χ0v) is 42.5. The van der Waals surface area contributed by atoms with Crippen molar-refractivity contribution in [2.24, 2.45) is 0 Å². The highest BCUT2D eigenvalue weighted by molar-refractivity contribution is 7.85. The lowest BCUT2D eigenvalue weighted by atomic mass is 9.97. The standard InChI is InChI=1S/C55H68O16S/c1-6-7-8-9-10-20-31-61-44-27-29-45(30-28-44)72(60)55-53(65-34-43-25-18-13-19-26-43)50(64-33-42-23-16-12-17-24-42)48(63-32-41-21-14-11-15-22-41)46(71-55)36-66-54-52(69-40(5)59)51(68-39(4)58)49(67-38(3)57)47(70-54)35-62-37(2)56/h11-19,21-30,46-55H,6-10,20,31-36H2,1-5H3/t46-,47-,48-,49-,50+,51+,52-,53-,54-,55+,72?/m1/s1. The Morgan fingerprint density at radius 3 is 1.51 bits per heavy atom. The van der Waals surface area contributed by atoms with Crippen molar-refractivity contribution >= 4 is 34.7 Å². The van der Waals surface area contributed by atoms with E-state index in [1.54, 1.807) is 24.3 Å². The molecule has 0 bridgehead atoms. The van der Waals surface area contributed by atoms with E-state index < -0.39 is 102 Å². The van der Waals surface area contributed by atoms with Gasteiger partial charge in [0.1, 0.15) is 42.9 Å². The first-order valence-electron chi connectivity index (χ1n) is 24.6. The first kappa shape index (κ1) is 55.8. The van der Waals surface area contributed by atoms with Crippen molar-refractivity contribution in [3.05, 3.63) is 132 Å². The molecule has 4 aromatic rings. The van der Waals surface area contributed by atoms with E-state index in [9.17, 15) is 19.2 Å². The van der Waals surface area contributed by atoms with Crippen molar-refractivity contribution in [1.82, 2.24) is 0 Å². The smallest absolute Gasteiger partial charge is 0.303 e. The van der Waals surface area contributed by atoms with E-state index in [1.807, 2.05) is 91.0 Å². The Kier molecular flexibility index (Phi) is 22.7. The molecule has 0 aromatic heterocycles. The van der Waals surface area contributed by atoms with Crippen LogP contribution in [0.5, 0.6) is 5.75 Å². The second-order valence-corrected chi connectivity index (χ2v) is 19.1. The molecule has 2 saturated heterocycles. The Morgan fingerprint density at radius 1 is 0.486 bits per heavy atom. The number of unbranched alkanes of at least 4 members (excludes halogenated alkanes) is 5. The Hall–Kier alpha value is -5.53. The van der Waals surface area contributed by atoms with Crippen molar-refractivity contribution in [3.63, 3.8) is 0 Å². The van der Waals surface area contributed by atoms with Crippen molar-refractivity contribution in [1.29, 1.82) is 0 Å². The average Bonchev–Trinajstić information content (AvgIpc) is 3.37. The van der Waals surface area contributed by atoms with Crippen LogP contribution in [0.25, 0.3) is 0 Å². The largest absolute Gasteiger partial charge is 0.494 e. The van der Waals surface area contributed by atoms with Gasteiger partial charge in [-0.2, -0.15) is 0 Å². The number of carbonyl (C=O) groups is 4. The van der Waals surface area contributed by atoms with Gasteiger partial charge in [-0.15, -0.1) is 0 Å². The molecule has 17 heteroatoms. The molecule has 6 rings (SSSR count). The quantitative estimate of drug-likeness (QED) is 0.0316. The molecule has 2 fully saturated rings. The first-order chi connectivity index (χ1) is 34.9. The van der Waals surface area contributed by atoms with Gasteiger partial charge in [-0.25, -0.2) is 0 Å². The SMILES string of the molecule is CCCCCCCCOc1ccc(S(=O)[C@@H]2O[C@H](CO[C@@H]3O[C@H](COC(C)=O)[C@@H](OC(C)=O)[C@H](OC(C)=O)[C@H]3OC(C)=O)[C@@H](OCc3ccccc3)[C@H](OCc3ccccc3)[C@H]2OCc2ccccc2)cc1. The zero-order valence-electron chi connectivity index (χ0n) is 41.7. The molecule has 0 saturated carbocycles. The summed E-state index contributed by atoms with van der Waals surface area (Å²) in [5.74, 6) is -2.40. The molecular weight excluding hydrogens is 949 g/mol. The molecule has 11 atom stereocenters. The van der Waals surface area contributed by atoms with Gasteiger partial charge in [-0.05, 0) is 47.4 Å². The van der Waals surface area contributed by atoms with Gasteiger partial charge in [-0.3, -0.25) is 23.4 Å². The first-order valence-corrected chi connectivity index (χ1v) is 25.8. The summed E-state index contributed by atoms with van der Waals surface area (Å²) in [5, 5.41) is 0. The van der Waals surface area contributed by atoms with E-state index >= 15 is 4.21 Å². The number of esters is 4. The maximum absolute atomic E-state index is 15.2. The van der Waals surface area contributed by atoms with E-state index in [0.717, 1.165) is 56.7 Å². The fourth-order valence-electron chi connectivity index (χ4n) is 8.44. The van der Waals surface area contributed by atoms with Crippen LogP contribution < -0.4 is 4.74 Å². The molecule has 0 radical (unpaired) electrons. The lowest BCUT2D eigenvalue weighted by molar-refractivity contribution is -0.320. The molecule has 2 aliphatic heterocycles. The van der Waals surface area contributed by atoms with Crippen molar-refractivity contribution in [3.8, 4) is 5.75 Å². The van der Waals surface area contributed by atoms with E-state index in [-0.39, 0.29) is 26.4 Å². The molecule has 390 valence electrons. The van der Waals surface area contributed by atoms with E-state index in [2.05, 4.69) is 6.92 Å². The maximum Gasteiger partial charge on any atom is 0.303 e. The number of benzene rings is 4. The van der Waals surface area contributed by atoms with Crippen LogP contribution in [0.2, 0.25) is 0 Å². The van der Waals surface area contributed by atoms with Crippen LogP contribution in [0.1, 0.15) is 89.8 Å². The highest BCUT2D eigenvalue weighted by Gasteiger charge is 2.55. The summed E-state index contributed by atoms with van der Waals surface area (Å²) in [6.07, 6.45) is -4.53. The summed E-state index contributed by atoms with van der Waals surface area (Å²) >= 11 is 0.